The molecule has 1 heterocycles. The van der Waals surface area contributed by atoms with Crippen LogP contribution in [0.2, 0.25) is 0 Å². The zero-order valence-electron chi connectivity index (χ0n) is 7.38. The molecule has 0 fully saturated rings. The van der Waals surface area contributed by atoms with E-state index in [0.717, 1.165) is 10.6 Å². The molecular formula is C10H9N3S. The van der Waals surface area contributed by atoms with E-state index in [1.165, 1.54) is 0 Å². The lowest BCUT2D eigenvalue weighted by Gasteiger charge is -2.03. The van der Waals surface area contributed by atoms with Crippen LogP contribution in [0.1, 0.15) is 0 Å². The van der Waals surface area contributed by atoms with Crippen LogP contribution < -0.4 is 5.32 Å². The van der Waals surface area contributed by atoms with Crippen LogP contribution in [-0.4, -0.2) is 9.97 Å². The largest absolute Gasteiger partial charge is 0.324 e. The summed E-state index contributed by atoms with van der Waals surface area (Å²) in [5.41, 5.74) is 0.934. The fourth-order valence-corrected chi connectivity index (χ4v) is 1.30. The highest BCUT2D eigenvalue weighted by atomic mass is 32.1. The lowest BCUT2D eigenvalue weighted by molar-refractivity contribution is 1.16. The normalized spacial score (nSPS) is 9.79. The van der Waals surface area contributed by atoms with Gasteiger partial charge in [0.15, 0.2) is 0 Å². The predicted molar refractivity (Wildman–Crippen MR) is 59.0 cm³/mol. The average molecular weight is 203 g/mol. The summed E-state index contributed by atoms with van der Waals surface area (Å²) in [5.74, 6) is 0.589. The number of benzene rings is 1. The second kappa shape index (κ2) is 4.11. The highest BCUT2D eigenvalue weighted by Gasteiger charge is 1.95. The minimum Gasteiger partial charge on any atom is -0.324 e. The van der Waals surface area contributed by atoms with Gasteiger partial charge in [-0.1, -0.05) is 6.07 Å². The first-order chi connectivity index (χ1) is 6.84. The third-order valence-electron chi connectivity index (χ3n) is 1.67. The Hall–Kier alpha value is -1.55. The standard InChI is InChI=1S/C10H9N3S/c14-9-4-1-3-8(7-9)13-10-11-5-2-6-12-10/h1-7,14H,(H,11,12,13). The zero-order valence-corrected chi connectivity index (χ0v) is 8.28. The Morgan fingerprint density at radius 3 is 2.57 bits per heavy atom. The summed E-state index contributed by atoms with van der Waals surface area (Å²) in [6, 6.07) is 9.48. The molecule has 14 heavy (non-hydrogen) atoms. The molecule has 0 aliphatic heterocycles. The molecule has 0 aliphatic rings. The topological polar surface area (TPSA) is 37.8 Å². The first-order valence-electron chi connectivity index (χ1n) is 4.18. The van der Waals surface area contributed by atoms with E-state index >= 15 is 0 Å². The molecule has 4 heteroatoms. The molecule has 0 unspecified atom stereocenters. The molecule has 70 valence electrons. The van der Waals surface area contributed by atoms with E-state index in [0.29, 0.717) is 5.95 Å². The van der Waals surface area contributed by atoms with Gasteiger partial charge in [-0.25, -0.2) is 9.97 Å². The molecule has 0 bridgehead atoms. The van der Waals surface area contributed by atoms with Crippen molar-refractivity contribution >= 4 is 24.3 Å². The van der Waals surface area contributed by atoms with Crippen molar-refractivity contribution in [3.63, 3.8) is 0 Å². The maximum Gasteiger partial charge on any atom is 0.227 e. The Labute approximate surface area is 87.6 Å². The molecule has 1 N–H and O–H groups in total. The minimum absolute atomic E-state index is 0.589. The second-order valence-corrected chi connectivity index (χ2v) is 3.26. The van der Waals surface area contributed by atoms with Gasteiger partial charge in [-0.05, 0) is 24.3 Å². The van der Waals surface area contributed by atoms with Gasteiger partial charge < -0.3 is 5.32 Å². The summed E-state index contributed by atoms with van der Waals surface area (Å²) in [6.07, 6.45) is 3.39. The summed E-state index contributed by atoms with van der Waals surface area (Å²) >= 11 is 4.24. The number of hydrogen-bond acceptors (Lipinski definition) is 4. The monoisotopic (exact) mass is 203 g/mol. The molecular weight excluding hydrogens is 194 g/mol. The Morgan fingerprint density at radius 1 is 1.07 bits per heavy atom. The predicted octanol–water partition coefficient (Wildman–Crippen LogP) is 2.51. The van der Waals surface area contributed by atoms with Crippen molar-refractivity contribution in [3.8, 4) is 0 Å². The molecule has 2 rings (SSSR count). The van der Waals surface area contributed by atoms with Crippen LogP contribution in [0.3, 0.4) is 0 Å². The first kappa shape index (κ1) is 9.02. The van der Waals surface area contributed by atoms with Gasteiger partial charge in [0.05, 0.1) is 0 Å². The van der Waals surface area contributed by atoms with Crippen molar-refractivity contribution in [2.45, 2.75) is 4.90 Å². The summed E-state index contributed by atoms with van der Waals surface area (Å²) in [4.78, 5) is 9.02. The third-order valence-corrected chi connectivity index (χ3v) is 1.95. The Bertz CT molecular complexity index is 417. The van der Waals surface area contributed by atoms with Crippen molar-refractivity contribution in [2.24, 2.45) is 0 Å². The van der Waals surface area contributed by atoms with E-state index in [9.17, 15) is 0 Å². The average Bonchev–Trinajstić information content (AvgIpc) is 2.19. The number of thiol groups is 1. The van der Waals surface area contributed by atoms with Crippen LogP contribution in [0.15, 0.2) is 47.6 Å². The number of nitrogens with one attached hydrogen (secondary N) is 1. The van der Waals surface area contributed by atoms with Gasteiger partial charge in [-0.2, -0.15) is 0 Å². The van der Waals surface area contributed by atoms with Crippen molar-refractivity contribution in [1.82, 2.24) is 9.97 Å². The van der Waals surface area contributed by atoms with E-state index < -0.39 is 0 Å². The number of aromatic nitrogens is 2. The second-order valence-electron chi connectivity index (χ2n) is 2.75. The van der Waals surface area contributed by atoms with Crippen LogP contribution in [-0.2, 0) is 0 Å². The van der Waals surface area contributed by atoms with Crippen molar-refractivity contribution in [2.75, 3.05) is 5.32 Å². The van der Waals surface area contributed by atoms with Crippen LogP contribution in [0.5, 0.6) is 0 Å². The molecule has 1 aromatic heterocycles. The minimum atomic E-state index is 0.589. The van der Waals surface area contributed by atoms with Gasteiger partial charge >= 0.3 is 0 Å². The smallest absolute Gasteiger partial charge is 0.227 e. The van der Waals surface area contributed by atoms with E-state index in [2.05, 4.69) is 27.9 Å². The lowest BCUT2D eigenvalue weighted by atomic mass is 10.3. The summed E-state index contributed by atoms with van der Waals surface area (Å²) < 4.78 is 0. The number of anilines is 2. The summed E-state index contributed by atoms with van der Waals surface area (Å²) in [7, 11) is 0. The lowest BCUT2D eigenvalue weighted by Crippen LogP contribution is -1.95. The van der Waals surface area contributed by atoms with Gasteiger partial charge in [-0.15, -0.1) is 12.6 Å². The Kier molecular flexibility index (Phi) is 2.65. The first-order valence-corrected chi connectivity index (χ1v) is 4.62. The van der Waals surface area contributed by atoms with E-state index in [1.807, 2.05) is 24.3 Å². The van der Waals surface area contributed by atoms with E-state index in [-0.39, 0.29) is 0 Å². The molecule has 0 saturated heterocycles. The SMILES string of the molecule is Sc1cccc(Nc2ncccn2)c1. The molecule has 0 saturated carbocycles. The Morgan fingerprint density at radius 2 is 1.86 bits per heavy atom. The van der Waals surface area contributed by atoms with Crippen LogP contribution in [0, 0.1) is 0 Å². The number of nitrogens with zero attached hydrogens (tertiary/aromatic N) is 2. The molecule has 0 aliphatic carbocycles. The molecule has 0 spiro atoms. The van der Waals surface area contributed by atoms with Crippen LogP contribution in [0.4, 0.5) is 11.6 Å². The zero-order chi connectivity index (χ0) is 9.80. The van der Waals surface area contributed by atoms with Gasteiger partial charge in [-0.3, -0.25) is 0 Å². The summed E-state index contributed by atoms with van der Waals surface area (Å²) in [6.45, 7) is 0. The summed E-state index contributed by atoms with van der Waals surface area (Å²) in [5, 5.41) is 3.07. The fourth-order valence-electron chi connectivity index (χ4n) is 1.08. The van der Waals surface area contributed by atoms with Crippen molar-refractivity contribution in [3.05, 3.63) is 42.7 Å². The molecule has 0 radical (unpaired) electrons. The molecule has 3 nitrogen and oxygen atoms in total. The maximum absolute atomic E-state index is 4.24. The van der Waals surface area contributed by atoms with Gasteiger partial charge in [0, 0.05) is 23.0 Å². The van der Waals surface area contributed by atoms with Crippen LogP contribution in [0.25, 0.3) is 0 Å². The number of hydrogen-bond donors (Lipinski definition) is 2. The molecule has 0 atom stereocenters. The van der Waals surface area contributed by atoms with E-state index in [1.54, 1.807) is 18.5 Å². The van der Waals surface area contributed by atoms with E-state index in [4.69, 9.17) is 0 Å². The highest BCUT2D eigenvalue weighted by molar-refractivity contribution is 7.80. The fraction of sp³-hybridized carbons (Fsp3) is 0. The number of rotatable bonds is 2. The molecule has 0 amide bonds. The van der Waals surface area contributed by atoms with Gasteiger partial charge in [0.1, 0.15) is 0 Å². The quantitative estimate of drug-likeness (QED) is 0.736. The van der Waals surface area contributed by atoms with Crippen LogP contribution >= 0.6 is 12.6 Å². The van der Waals surface area contributed by atoms with Crippen molar-refractivity contribution in [1.29, 1.82) is 0 Å². The molecule has 2 aromatic rings. The van der Waals surface area contributed by atoms with Gasteiger partial charge in [0.2, 0.25) is 5.95 Å². The molecule has 1 aromatic carbocycles. The maximum atomic E-state index is 4.24. The van der Waals surface area contributed by atoms with Crippen molar-refractivity contribution < 1.29 is 0 Å². The Balaban J connectivity index is 2.19. The highest BCUT2D eigenvalue weighted by Crippen LogP contribution is 2.15. The van der Waals surface area contributed by atoms with Gasteiger partial charge in [0.25, 0.3) is 0 Å². The third kappa shape index (κ3) is 2.23.